The molecule has 21 heavy (non-hydrogen) atoms. The molecule has 0 bridgehead atoms. The monoisotopic (exact) mass is 290 g/mol. The number of carbonyl (C=O) groups is 1. The van der Waals surface area contributed by atoms with Gasteiger partial charge in [0.05, 0.1) is 6.10 Å². The lowest BCUT2D eigenvalue weighted by molar-refractivity contribution is -0.124. The van der Waals surface area contributed by atoms with Gasteiger partial charge in [0.2, 0.25) is 5.91 Å². The van der Waals surface area contributed by atoms with Crippen LogP contribution in [0.3, 0.4) is 0 Å². The highest BCUT2D eigenvalue weighted by Crippen LogP contribution is 2.31. The summed E-state index contributed by atoms with van der Waals surface area (Å²) in [5.74, 6) is -0.250. The maximum atomic E-state index is 11.7. The van der Waals surface area contributed by atoms with Gasteiger partial charge in [-0.2, -0.15) is 0 Å². The number of nitrogens with one attached hydrogen (secondary N) is 1. The van der Waals surface area contributed by atoms with Crippen LogP contribution in [0.15, 0.2) is 30.3 Å². The van der Waals surface area contributed by atoms with E-state index in [4.69, 9.17) is 10.5 Å². The molecule has 1 aliphatic carbocycles. The minimum Gasteiger partial charge on any atom is -0.378 e. The molecule has 1 amide bonds. The number of amides is 1. The lowest BCUT2D eigenvalue weighted by Crippen LogP contribution is -2.53. The molecule has 0 aromatic heterocycles. The molecule has 116 valence electrons. The first-order chi connectivity index (χ1) is 10.2. The van der Waals surface area contributed by atoms with E-state index in [0.29, 0.717) is 6.42 Å². The van der Waals surface area contributed by atoms with E-state index >= 15 is 0 Å². The first kappa shape index (κ1) is 16.0. The van der Waals surface area contributed by atoms with Gasteiger partial charge in [-0.25, -0.2) is 0 Å². The number of ether oxygens (including phenoxy) is 1. The quantitative estimate of drug-likeness (QED) is 0.720. The van der Waals surface area contributed by atoms with Gasteiger partial charge in [0.15, 0.2) is 0 Å². The summed E-state index contributed by atoms with van der Waals surface area (Å²) in [6.45, 7) is 3.49. The largest absolute Gasteiger partial charge is 0.378 e. The molecule has 3 N–H and O–H groups in total. The van der Waals surface area contributed by atoms with Crippen molar-refractivity contribution in [2.24, 2.45) is 5.73 Å². The summed E-state index contributed by atoms with van der Waals surface area (Å²) in [6.07, 6.45) is 4.56. The Labute approximate surface area is 127 Å². The molecular weight excluding hydrogens is 264 g/mol. The molecule has 1 aromatic carbocycles. The molecule has 0 aliphatic heterocycles. The minimum absolute atomic E-state index is 0.146. The van der Waals surface area contributed by atoms with Crippen LogP contribution >= 0.6 is 0 Å². The standard InChI is InChI=1S/C17H26N2O2/c1-2-19-17(16(18)20)11-10-15(13-17)21-12-6-9-14-7-4-3-5-8-14/h3-5,7-8,15,19H,2,6,9-13H2,1H3,(H2,18,20). The molecule has 0 heterocycles. The van der Waals surface area contributed by atoms with E-state index in [1.165, 1.54) is 5.56 Å². The second-order valence-electron chi connectivity index (χ2n) is 5.80. The number of carbonyl (C=O) groups excluding carboxylic acids is 1. The van der Waals surface area contributed by atoms with Gasteiger partial charge in [-0.05, 0) is 37.8 Å². The van der Waals surface area contributed by atoms with Gasteiger partial charge in [-0.3, -0.25) is 4.79 Å². The van der Waals surface area contributed by atoms with E-state index in [1.807, 2.05) is 13.0 Å². The highest BCUT2D eigenvalue weighted by atomic mass is 16.5. The third-order valence-electron chi connectivity index (χ3n) is 4.26. The Morgan fingerprint density at radius 2 is 2.19 bits per heavy atom. The zero-order valence-electron chi connectivity index (χ0n) is 12.8. The molecule has 1 fully saturated rings. The molecule has 4 nitrogen and oxygen atoms in total. The molecule has 0 spiro atoms. The highest BCUT2D eigenvalue weighted by molar-refractivity contribution is 5.85. The predicted molar refractivity (Wildman–Crippen MR) is 84.0 cm³/mol. The fraction of sp³-hybridized carbons (Fsp3) is 0.588. The Morgan fingerprint density at radius 1 is 1.43 bits per heavy atom. The Kier molecular flexibility index (Phi) is 5.76. The third-order valence-corrected chi connectivity index (χ3v) is 4.26. The maximum Gasteiger partial charge on any atom is 0.237 e. The lowest BCUT2D eigenvalue weighted by Gasteiger charge is -2.26. The molecule has 1 aliphatic rings. The zero-order chi connectivity index (χ0) is 15.1. The molecule has 1 aromatic rings. The summed E-state index contributed by atoms with van der Waals surface area (Å²) in [7, 11) is 0. The number of likely N-dealkylation sites (N-methyl/N-ethyl adjacent to an activating group) is 1. The zero-order valence-corrected chi connectivity index (χ0v) is 12.8. The molecule has 2 unspecified atom stereocenters. The van der Waals surface area contributed by atoms with Crippen LogP contribution in [0.1, 0.15) is 38.2 Å². The minimum atomic E-state index is -0.557. The summed E-state index contributed by atoms with van der Waals surface area (Å²) in [5, 5.41) is 3.25. The Hall–Kier alpha value is -1.39. The van der Waals surface area contributed by atoms with Gasteiger partial charge >= 0.3 is 0 Å². The first-order valence-corrected chi connectivity index (χ1v) is 7.87. The van der Waals surface area contributed by atoms with Crippen molar-refractivity contribution in [2.75, 3.05) is 13.2 Å². The fourth-order valence-electron chi connectivity index (χ4n) is 3.12. The van der Waals surface area contributed by atoms with Crippen molar-refractivity contribution in [1.82, 2.24) is 5.32 Å². The average Bonchev–Trinajstić information content (AvgIpc) is 2.90. The van der Waals surface area contributed by atoms with Crippen molar-refractivity contribution in [1.29, 1.82) is 0 Å². The van der Waals surface area contributed by atoms with E-state index < -0.39 is 5.54 Å². The van der Waals surface area contributed by atoms with Gasteiger partial charge in [-0.1, -0.05) is 37.3 Å². The Bertz CT molecular complexity index is 449. The Morgan fingerprint density at radius 3 is 2.86 bits per heavy atom. The van der Waals surface area contributed by atoms with Gasteiger partial charge in [-0.15, -0.1) is 0 Å². The van der Waals surface area contributed by atoms with Crippen LogP contribution in [0.2, 0.25) is 0 Å². The molecule has 2 rings (SSSR count). The van der Waals surface area contributed by atoms with Gasteiger partial charge in [0, 0.05) is 13.0 Å². The van der Waals surface area contributed by atoms with E-state index in [2.05, 4.69) is 29.6 Å². The van der Waals surface area contributed by atoms with Crippen molar-refractivity contribution in [3.05, 3.63) is 35.9 Å². The van der Waals surface area contributed by atoms with E-state index in [-0.39, 0.29) is 12.0 Å². The van der Waals surface area contributed by atoms with Crippen LogP contribution in [0.5, 0.6) is 0 Å². The van der Waals surface area contributed by atoms with Crippen molar-refractivity contribution in [3.8, 4) is 0 Å². The van der Waals surface area contributed by atoms with Gasteiger partial charge < -0.3 is 15.8 Å². The fourth-order valence-corrected chi connectivity index (χ4v) is 3.12. The number of hydrogen-bond donors (Lipinski definition) is 2. The molecule has 1 saturated carbocycles. The van der Waals surface area contributed by atoms with Gasteiger partial charge in [0.25, 0.3) is 0 Å². The molecule has 0 saturated heterocycles. The van der Waals surface area contributed by atoms with Gasteiger partial charge in [0.1, 0.15) is 5.54 Å². The average molecular weight is 290 g/mol. The summed E-state index contributed by atoms with van der Waals surface area (Å²) in [4.78, 5) is 11.7. The summed E-state index contributed by atoms with van der Waals surface area (Å²) in [6, 6.07) is 10.4. The van der Waals surface area contributed by atoms with Crippen LogP contribution < -0.4 is 11.1 Å². The van der Waals surface area contributed by atoms with Crippen LogP contribution in [0, 0.1) is 0 Å². The SMILES string of the molecule is CCNC1(C(N)=O)CCC(OCCCc2ccccc2)C1. The highest BCUT2D eigenvalue weighted by Gasteiger charge is 2.43. The lowest BCUT2D eigenvalue weighted by atomic mass is 9.96. The number of rotatable bonds is 8. The molecule has 4 heteroatoms. The molecule has 0 radical (unpaired) electrons. The normalized spacial score (nSPS) is 25.1. The molecular formula is C17H26N2O2. The van der Waals surface area contributed by atoms with Crippen LogP contribution in [0.25, 0.3) is 0 Å². The summed E-state index contributed by atoms with van der Waals surface area (Å²) >= 11 is 0. The summed E-state index contributed by atoms with van der Waals surface area (Å²) in [5.41, 5.74) is 6.34. The van der Waals surface area contributed by atoms with Crippen molar-refractivity contribution < 1.29 is 9.53 Å². The number of benzene rings is 1. The Balaban J connectivity index is 1.71. The first-order valence-electron chi connectivity index (χ1n) is 7.87. The number of aryl methyl sites for hydroxylation is 1. The third kappa shape index (κ3) is 4.29. The number of hydrogen-bond acceptors (Lipinski definition) is 3. The van der Waals surface area contributed by atoms with Crippen LogP contribution in [-0.4, -0.2) is 30.7 Å². The van der Waals surface area contributed by atoms with Crippen molar-refractivity contribution in [3.63, 3.8) is 0 Å². The number of nitrogens with two attached hydrogens (primary N) is 1. The topological polar surface area (TPSA) is 64.3 Å². The maximum absolute atomic E-state index is 11.7. The second kappa shape index (κ2) is 7.57. The van der Waals surface area contributed by atoms with E-state index in [1.54, 1.807) is 0 Å². The number of primary amides is 1. The van der Waals surface area contributed by atoms with Crippen LogP contribution in [-0.2, 0) is 16.0 Å². The second-order valence-corrected chi connectivity index (χ2v) is 5.80. The summed E-state index contributed by atoms with van der Waals surface area (Å²) < 4.78 is 5.93. The van der Waals surface area contributed by atoms with E-state index in [0.717, 1.165) is 38.8 Å². The smallest absolute Gasteiger partial charge is 0.237 e. The molecule has 2 atom stereocenters. The predicted octanol–water partition coefficient (Wildman–Crippen LogP) is 2.02. The van der Waals surface area contributed by atoms with Crippen molar-refractivity contribution in [2.45, 2.75) is 50.7 Å². The van der Waals surface area contributed by atoms with Crippen molar-refractivity contribution >= 4 is 5.91 Å². The van der Waals surface area contributed by atoms with Crippen LogP contribution in [0.4, 0.5) is 0 Å². The van der Waals surface area contributed by atoms with E-state index in [9.17, 15) is 4.79 Å².